The number of rotatable bonds is 3. The summed E-state index contributed by atoms with van der Waals surface area (Å²) < 4.78 is 0. The van der Waals surface area contributed by atoms with Crippen LogP contribution >= 0.6 is 23.2 Å². The number of halogens is 2. The van der Waals surface area contributed by atoms with Gasteiger partial charge in [0.25, 0.3) is 0 Å². The van der Waals surface area contributed by atoms with Crippen LogP contribution < -0.4 is 5.32 Å². The van der Waals surface area contributed by atoms with Crippen LogP contribution in [0.3, 0.4) is 0 Å². The highest BCUT2D eigenvalue weighted by atomic mass is 35.5. The number of hydrogen-bond acceptors (Lipinski definition) is 1. The molecule has 3 heteroatoms. The van der Waals surface area contributed by atoms with Gasteiger partial charge < -0.3 is 5.32 Å². The quantitative estimate of drug-likeness (QED) is 0.781. The van der Waals surface area contributed by atoms with E-state index in [1.54, 1.807) is 0 Å². The van der Waals surface area contributed by atoms with E-state index in [1.165, 1.54) is 24.8 Å². The lowest BCUT2D eigenvalue weighted by Gasteiger charge is -2.24. The van der Waals surface area contributed by atoms with Gasteiger partial charge in [0, 0.05) is 0 Å². The van der Waals surface area contributed by atoms with Crippen LogP contribution in [0.4, 0.5) is 0 Å². The molecule has 0 saturated carbocycles. The molecule has 17 heavy (non-hydrogen) atoms. The van der Waals surface area contributed by atoms with Crippen molar-refractivity contribution in [3.05, 3.63) is 45.5 Å². The van der Waals surface area contributed by atoms with Crippen molar-refractivity contribution in [3.63, 3.8) is 0 Å². The Balaban J connectivity index is 2.34. The van der Waals surface area contributed by atoms with E-state index < -0.39 is 0 Å². The van der Waals surface area contributed by atoms with Gasteiger partial charge in [-0.2, -0.15) is 0 Å². The van der Waals surface area contributed by atoms with Gasteiger partial charge in [-0.3, -0.25) is 0 Å². The average Bonchev–Trinajstić information content (AvgIpc) is 2.37. The van der Waals surface area contributed by atoms with E-state index in [0.717, 1.165) is 12.0 Å². The summed E-state index contributed by atoms with van der Waals surface area (Å²) in [6, 6.07) is 6.03. The molecule has 92 valence electrons. The zero-order valence-corrected chi connectivity index (χ0v) is 11.5. The van der Waals surface area contributed by atoms with Crippen LogP contribution in [-0.4, -0.2) is 7.05 Å². The van der Waals surface area contributed by atoms with Crippen LogP contribution in [0.2, 0.25) is 10.0 Å². The van der Waals surface area contributed by atoms with Crippen LogP contribution in [0.25, 0.3) is 0 Å². The summed E-state index contributed by atoms with van der Waals surface area (Å²) in [6.45, 7) is 0. The van der Waals surface area contributed by atoms with Crippen molar-refractivity contribution in [3.8, 4) is 0 Å². The van der Waals surface area contributed by atoms with Crippen molar-refractivity contribution in [2.45, 2.75) is 31.7 Å². The minimum Gasteiger partial charge on any atom is -0.310 e. The number of benzene rings is 1. The Morgan fingerprint density at radius 1 is 1.24 bits per heavy atom. The second kappa shape index (κ2) is 5.90. The highest BCUT2D eigenvalue weighted by molar-refractivity contribution is 6.42. The van der Waals surface area contributed by atoms with Gasteiger partial charge in [-0.25, -0.2) is 0 Å². The summed E-state index contributed by atoms with van der Waals surface area (Å²) in [5.41, 5.74) is 2.51. The van der Waals surface area contributed by atoms with Crippen molar-refractivity contribution in [1.29, 1.82) is 0 Å². The molecule has 1 unspecified atom stereocenters. The maximum atomic E-state index is 6.29. The highest BCUT2D eigenvalue weighted by Gasteiger charge is 2.19. The summed E-state index contributed by atoms with van der Waals surface area (Å²) in [5, 5.41) is 4.64. The van der Waals surface area contributed by atoms with Crippen molar-refractivity contribution >= 4 is 23.2 Å². The molecule has 0 aliphatic heterocycles. The van der Waals surface area contributed by atoms with Gasteiger partial charge in [-0.05, 0) is 44.4 Å². The van der Waals surface area contributed by atoms with Crippen LogP contribution in [0.15, 0.2) is 29.8 Å². The Hall–Kier alpha value is -0.500. The molecule has 1 aliphatic carbocycles. The average molecular weight is 270 g/mol. The minimum absolute atomic E-state index is 0.196. The van der Waals surface area contributed by atoms with E-state index in [2.05, 4.69) is 11.4 Å². The van der Waals surface area contributed by atoms with E-state index in [9.17, 15) is 0 Å². The van der Waals surface area contributed by atoms with E-state index in [0.29, 0.717) is 10.0 Å². The molecule has 0 fully saturated rings. The Kier molecular flexibility index (Phi) is 4.49. The van der Waals surface area contributed by atoms with Crippen molar-refractivity contribution in [1.82, 2.24) is 5.32 Å². The second-order valence-corrected chi connectivity index (χ2v) is 5.17. The largest absolute Gasteiger partial charge is 0.310 e. The van der Waals surface area contributed by atoms with E-state index in [4.69, 9.17) is 23.2 Å². The first-order valence-corrected chi connectivity index (χ1v) is 6.79. The van der Waals surface area contributed by atoms with Crippen molar-refractivity contribution < 1.29 is 0 Å². The van der Waals surface area contributed by atoms with Gasteiger partial charge in [0.1, 0.15) is 0 Å². The van der Waals surface area contributed by atoms with E-state index in [-0.39, 0.29) is 6.04 Å². The second-order valence-electron chi connectivity index (χ2n) is 4.39. The van der Waals surface area contributed by atoms with Gasteiger partial charge in [-0.1, -0.05) is 47.0 Å². The van der Waals surface area contributed by atoms with Gasteiger partial charge in [0.2, 0.25) is 0 Å². The van der Waals surface area contributed by atoms with E-state index >= 15 is 0 Å². The van der Waals surface area contributed by atoms with Crippen LogP contribution in [0.1, 0.15) is 37.3 Å². The smallest absolute Gasteiger partial charge is 0.0643 e. The zero-order chi connectivity index (χ0) is 12.3. The van der Waals surface area contributed by atoms with Gasteiger partial charge >= 0.3 is 0 Å². The van der Waals surface area contributed by atoms with Gasteiger partial charge in [0.05, 0.1) is 16.1 Å². The van der Waals surface area contributed by atoms with Crippen LogP contribution in [-0.2, 0) is 0 Å². The molecule has 0 radical (unpaired) electrons. The first kappa shape index (κ1) is 12.9. The normalized spacial score (nSPS) is 17.7. The molecule has 1 N–H and O–H groups in total. The minimum atomic E-state index is 0.196. The highest BCUT2D eigenvalue weighted by Crippen LogP contribution is 2.36. The van der Waals surface area contributed by atoms with Crippen molar-refractivity contribution in [2.24, 2.45) is 0 Å². The van der Waals surface area contributed by atoms with Crippen molar-refractivity contribution in [2.75, 3.05) is 7.05 Å². The number of likely N-dealkylation sites (N-methyl/N-ethyl adjacent to an activating group) is 1. The lowest BCUT2D eigenvalue weighted by atomic mass is 9.90. The summed E-state index contributed by atoms with van der Waals surface area (Å²) in [5.74, 6) is 0. The molecular weight excluding hydrogens is 253 g/mol. The molecule has 1 aliphatic rings. The molecule has 1 aromatic rings. The third-order valence-corrected chi connectivity index (χ3v) is 4.11. The Morgan fingerprint density at radius 3 is 2.71 bits per heavy atom. The molecule has 2 rings (SSSR count). The first-order valence-electron chi connectivity index (χ1n) is 6.04. The first-order chi connectivity index (χ1) is 8.24. The Labute approximate surface area is 113 Å². The fourth-order valence-corrected chi connectivity index (χ4v) is 2.83. The summed E-state index contributed by atoms with van der Waals surface area (Å²) in [7, 11) is 1.97. The monoisotopic (exact) mass is 269 g/mol. The molecule has 0 spiro atoms. The fourth-order valence-electron chi connectivity index (χ4n) is 2.41. The molecule has 1 aromatic carbocycles. The number of hydrogen-bond donors (Lipinski definition) is 1. The predicted molar refractivity (Wildman–Crippen MR) is 74.8 cm³/mol. The van der Waals surface area contributed by atoms with Crippen LogP contribution in [0.5, 0.6) is 0 Å². The topological polar surface area (TPSA) is 12.0 Å². The lowest BCUT2D eigenvalue weighted by Crippen LogP contribution is -2.20. The summed E-state index contributed by atoms with van der Waals surface area (Å²) >= 11 is 12.4. The molecule has 0 aromatic heterocycles. The Bertz CT molecular complexity index is 426. The predicted octanol–water partition coefficient (Wildman–Crippen LogP) is 4.75. The van der Waals surface area contributed by atoms with E-state index in [1.807, 2.05) is 25.2 Å². The Morgan fingerprint density at radius 2 is 2.06 bits per heavy atom. The zero-order valence-electron chi connectivity index (χ0n) is 9.97. The SMILES string of the molecule is CNC(C1=CCCCC1)c1cccc(Cl)c1Cl. The number of nitrogens with one attached hydrogen (secondary N) is 1. The van der Waals surface area contributed by atoms with Gasteiger partial charge in [-0.15, -0.1) is 0 Å². The molecule has 0 heterocycles. The maximum Gasteiger partial charge on any atom is 0.0643 e. The molecule has 0 bridgehead atoms. The maximum absolute atomic E-state index is 6.29. The summed E-state index contributed by atoms with van der Waals surface area (Å²) in [4.78, 5) is 0. The standard InChI is InChI=1S/C14H17Cl2N/c1-17-14(10-6-3-2-4-7-10)11-8-5-9-12(15)13(11)16/h5-6,8-9,14,17H,2-4,7H2,1H3. The summed E-state index contributed by atoms with van der Waals surface area (Å²) in [6.07, 6.45) is 7.22. The molecule has 0 saturated heterocycles. The lowest BCUT2D eigenvalue weighted by molar-refractivity contribution is 0.593. The molecular formula is C14H17Cl2N. The third kappa shape index (κ3) is 2.85. The fraction of sp³-hybridized carbons (Fsp3) is 0.429. The molecule has 0 amide bonds. The van der Waals surface area contributed by atoms with Gasteiger partial charge in [0.15, 0.2) is 0 Å². The molecule has 1 nitrogen and oxygen atoms in total. The molecule has 1 atom stereocenters. The third-order valence-electron chi connectivity index (χ3n) is 3.28. The van der Waals surface area contributed by atoms with Crippen LogP contribution in [0, 0.1) is 0 Å². The number of allylic oxidation sites excluding steroid dienone is 1.